The van der Waals surface area contributed by atoms with E-state index in [0.717, 1.165) is 31.6 Å². The van der Waals surface area contributed by atoms with E-state index in [-0.39, 0.29) is 0 Å². The second-order valence-electron chi connectivity index (χ2n) is 8.95. The zero-order valence-electron chi connectivity index (χ0n) is 18.2. The van der Waals surface area contributed by atoms with Gasteiger partial charge in [0.1, 0.15) is 17.0 Å². The van der Waals surface area contributed by atoms with Crippen molar-refractivity contribution in [2.45, 2.75) is 44.6 Å². The SMILES string of the molecule is Cc1cnc2c(-c3ccc(Cl)cc3F)nc(N3CCCC(c4cnn(C5CC5)c4)C3)nc2n1. The normalized spacial score (nSPS) is 18.8. The number of aryl methyl sites for hydroxylation is 1. The van der Waals surface area contributed by atoms with Crippen molar-refractivity contribution in [3.63, 3.8) is 0 Å². The number of benzene rings is 1. The standard InChI is InChI=1S/C24H23ClFN7/c1-14-10-27-22-21(19-7-4-17(25)9-20(19)26)30-24(31-23(22)29-14)32-8-2-3-15(12-32)16-11-28-33(13-16)18-5-6-18/h4,7,9-11,13,15,18H,2-3,5-6,8,12H2,1H3. The molecule has 1 saturated carbocycles. The van der Waals surface area contributed by atoms with E-state index in [2.05, 4.69) is 30.8 Å². The van der Waals surface area contributed by atoms with Crippen molar-refractivity contribution in [3.8, 4) is 11.3 Å². The zero-order chi connectivity index (χ0) is 22.5. The van der Waals surface area contributed by atoms with Crippen LogP contribution in [0.25, 0.3) is 22.4 Å². The Kier molecular flexibility index (Phi) is 4.98. The fourth-order valence-corrected chi connectivity index (χ4v) is 4.68. The first-order valence-electron chi connectivity index (χ1n) is 11.3. The minimum atomic E-state index is -0.445. The van der Waals surface area contributed by atoms with Crippen molar-refractivity contribution in [3.05, 3.63) is 58.9 Å². The summed E-state index contributed by atoms with van der Waals surface area (Å²) in [6.45, 7) is 3.48. The van der Waals surface area contributed by atoms with Crippen LogP contribution in [0.3, 0.4) is 0 Å². The van der Waals surface area contributed by atoms with E-state index in [1.165, 1.54) is 24.5 Å². The van der Waals surface area contributed by atoms with E-state index >= 15 is 0 Å². The molecule has 168 valence electrons. The second-order valence-corrected chi connectivity index (χ2v) is 9.39. The van der Waals surface area contributed by atoms with Crippen LogP contribution < -0.4 is 4.90 Å². The molecule has 9 heteroatoms. The zero-order valence-corrected chi connectivity index (χ0v) is 19.0. The largest absolute Gasteiger partial charge is 0.340 e. The van der Waals surface area contributed by atoms with Gasteiger partial charge in [-0.25, -0.2) is 19.3 Å². The summed E-state index contributed by atoms with van der Waals surface area (Å²) >= 11 is 5.98. The molecule has 1 saturated heterocycles. The van der Waals surface area contributed by atoms with Gasteiger partial charge in [0.05, 0.1) is 17.9 Å². The lowest BCUT2D eigenvalue weighted by Crippen LogP contribution is -2.35. The predicted molar refractivity (Wildman–Crippen MR) is 125 cm³/mol. The maximum absolute atomic E-state index is 14.9. The Labute approximate surface area is 195 Å². The average Bonchev–Trinajstić information content (AvgIpc) is 3.54. The van der Waals surface area contributed by atoms with E-state index in [0.29, 0.717) is 45.4 Å². The molecule has 1 aliphatic carbocycles. The summed E-state index contributed by atoms with van der Waals surface area (Å²) in [6, 6.07) is 5.15. The number of hydrogen-bond acceptors (Lipinski definition) is 6. The highest BCUT2D eigenvalue weighted by molar-refractivity contribution is 6.30. The molecule has 4 aromatic rings. The van der Waals surface area contributed by atoms with Crippen LogP contribution in [0.5, 0.6) is 0 Å². The van der Waals surface area contributed by atoms with Crippen LogP contribution in [-0.2, 0) is 0 Å². The van der Waals surface area contributed by atoms with E-state index in [1.54, 1.807) is 18.3 Å². The number of hydrogen-bond donors (Lipinski definition) is 0. The van der Waals surface area contributed by atoms with Crippen LogP contribution in [-0.4, -0.2) is 42.8 Å². The molecule has 4 heterocycles. The van der Waals surface area contributed by atoms with Crippen molar-refractivity contribution in [2.24, 2.45) is 0 Å². The molecule has 0 spiro atoms. The summed E-state index contributed by atoms with van der Waals surface area (Å²) in [7, 11) is 0. The molecule has 3 aromatic heterocycles. The number of halogens is 2. The number of anilines is 1. The molecule has 0 bridgehead atoms. The van der Waals surface area contributed by atoms with E-state index in [9.17, 15) is 4.39 Å². The van der Waals surface area contributed by atoms with Crippen LogP contribution in [0.1, 0.15) is 48.9 Å². The van der Waals surface area contributed by atoms with Gasteiger partial charge in [-0.3, -0.25) is 4.68 Å². The highest BCUT2D eigenvalue weighted by Crippen LogP contribution is 2.36. The van der Waals surface area contributed by atoms with Crippen molar-refractivity contribution >= 4 is 28.7 Å². The number of rotatable bonds is 4. The third kappa shape index (κ3) is 3.93. The molecule has 0 N–H and O–H groups in total. The maximum atomic E-state index is 14.9. The van der Waals surface area contributed by atoms with Gasteiger partial charge in [0.25, 0.3) is 0 Å². The summed E-state index contributed by atoms with van der Waals surface area (Å²) < 4.78 is 17.0. The molecule has 0 amide bonds. The molecule has 33 heavy (non-hydrogen) atoms. The van der Waals surface area contributed by atoms with Gasteiger partial charge in [0.2, 0.25) is 5.95 Å². The van der Waals surface area contributed by atoms with E-state index in [1.807, 2.05) is 13.1 Å². The van der Waals surface area contributed by atoms with Crippen LogP contribution in [0, 0.1) is 12.7 Å². The van der Waals surface area contributed by atoms with E-state index in [4.69, 9.17) is 21.6 Å². The smallest absolute Gasteiger partial charge is 0.228 e. The molecular weight excluding hydrogens is 441 g/mol. The number of aromatic nitrogens is 6. The Morgan fingerprint density at radius 2 is 1.97 bits per heavy atom. The number of fused-ring (bicyclic) bond motifs is 1. The molecule has 1 unspecified atom stereocenters. The fourth-order valence-electron chi connectivity index (χ4n) is 4.53. The Balaban J connectivity index is 1.39. The molecule has 7 nitrogen and oxygen atoms in total. The maximum Gasteiger partial charge on any atom is 0.228 e. The Morgan fingerprint density at radius 1 is 1.09 bits per heavy atom. The average molecular weight is 464 g/mol. The molecule has 1 atom stereocenters. The minimum absolute atomic E-state index is 0.336. The monoisotopic (exact) mass is 463 g/mol. The first kappa shape index (κ1) is 20.5. The topological polar surface area (TPSA) is 72.6 Å². The third-order valence-electron chi connectivity index (χ3n) is 6.42. The summed E-state index contributed by atoms with van der Waals surface area (Å²) in [5.41, 5.74) is 3.72. The van der Waals surface area contributed by atoms with Gasteiger partial charge in [-0.05, 0) is 56.4 Å². The van der Waals surface area contributed by atoms with Gasteiger partial charge >= 0.3 is 0 Å². The minimum Gasteiger partial charge on any atom is -0.340 e. The van der Waals surface area contributed by atoms with E-state index < -0.39 is 5.82 Å². The molecule has 0 radical (unpaired) electrons. The molecule has 2 fully saturated rings. The van der Waals surface area contributed by atoms with Gasteiger partial charge < -0.3 is 4.90 Å². The second kappa shape index (κ2) is 8.02. The van der Waals surface area contributed by atoms with Crippen molar-refractivity contribution in [1.29, 1.82) is 0 Å². The first-order valence-corrected chi connectivity index (χ1v) is 11.7. The Hall–Kier alpha value is -3.13. The van der Waals surface area contributed by atoms with Gasteiger partial charge in [-0.1, -0.05) is 11.6 Å². The molecule has 2 aliphatic rings. The molecular formula is C24H23ClFN7. The Morgan fingerprint density at radius 3 is 2.79 bits per heavy atom. The van der Waals surface area contributed by atoms with Gasteiger partial charge in [-0.15, -0.1) is 0 Å². The number of piperidine rings is 1. The van der Waals surface area contributed by atoms with Crippen LogP contribution in [0.15, 0.2) is 36.8 Å². The molecule has 1 aliphatic heterocycles. The lowest BCUT2D eigenvalue weighted by Gasteiger charge is -2.32. The lowest BCUT2D eigenvalue weighted by molar-refractivity contribution is 0.503. The fraction of sp³-hybridized carbons (Fsp3) is 0.375. The summed E-state index contributed by atoms with van der Waals surface area (Å²) in [5, 5.41) is 4.90. The third-order valence-corrected chi connectivity index (χ3v) is 6.66. The number of nitrogens with zero attached hydrogens (tertiary/aromatic N) is 7. The van der Waals surface area contributed by atoms with Crippen molar-refractivity contribution < 1.29 is 4.39 Å². The van der Waals surface area contributed by atoms with Crippen LogP contribution in [0.4, 0.5) is 10.3 Å². The molecule has 1 aromatic carbocycles. The lowest BCUT2D eigenvalue weighted by atomic mass is 9.93. The van der Waals surface area contributed by atoms with Crippen molar-refractivity contribution in [1.82, 2.24) is 29.7 Å². The van der Waals surface area contributed by atoms with Crippen molar-refractivity contribution in [2.75, 3.05) is 18.0 Å². The van der Waals surface area contributed by atoms with Gasteiger partial charge in [-0.2, -0.15) is 10.1 Å². The predicted octanol–water partition coefficient (Wildman–Crippen LogP) is 5.10. The van der Waals surface area contributed by atoms with Crippen LogP contribution >= 0.6 is 11.6 Å². The quantitative estimate of drug-likeness (QED) is 0.419. The highest BCUT2D eigenvalue weighted by Gasteiger charge is 2.28. The van der Waals surface area contributed by atoms with Gasteiger partial charge in [0.15, 0.2) is 5.65 Å². The summed E-state index contributed by atoms with van der Waals surface area (Å²) in [5.74, 6) is 0.454. The Bertz CT molecular complexity index is 1350. The summed E-state index contributed by atoms with van der Waals surface area (Å²) in [6.07, 6.45) is 10.4. The van der Waals surface area contributed by atoms with Gasteiger partial charge in [0, 0.05) is 42.0 Å². The molecule has 6 rings (SSSR count). The van der Waals surface area contributed by atoms with Crippen LogP contribution in [0.2, 0.25) is 5.02 Å². The highest BCUT2D eigenvalue weighted by atomic mass is 35.5. The summed E-state index contributed by atoms with van der Waals surface area (Å²) in [4.78, 5) is 20.7. The first-order chi connectivity index (χ1) is 16.0.